The smallest absolute Gasteiger partial charge is 0.0419 e. The van der Waals surface area contributed by atoms with E-state index in [2.05, 4.69) is 20.8 Å². The summed E-state index contributed by atoms with van der Waals surface area (Å²) in [4.78, 5) is 11.6. The summed E-state index contributed by atoms with van der Waals surface area (Å²) >= 11 is 0. The minimum atomic E-state index is -0.826. The molecule has 0 amide bonds. The van der Waals surface area contributed by atoms with Crippen LogP contribution < -0.4 is 11.3 Å². The molecule has 30 heavy (non-hydrogen) atoms. The highest BCUT2D eigenvalue weighted by Gasteiger charge is 2.28. The highest BCUT2D eigenvalue weighted by atomic mass is 16.4. The molecular formula is C27H57NO2. The van der Waals surface area contributed by atoms with Gasteiger partial charge in [-0.15, -0.1) is 0 Å². The van der Waals surface area contributed by atoms with Gasteiger partial charge < -0.3 is 16.1 Å². The van der Waals surface area contributed by atoms with E-state index in [4.69, 9.17) is 0 Å². The summed E-state index contributed by atoms with van der Waals surface area (Å²) in [6.45, 7) is 6.77. The van der Waals surface area contributed by atoms with Crippen LogP contribution in [0.15, 0.2) is 0 Å². The first-order chi connectivity index (χ1) is 14.1. The largest absolute Gasteiger partial charge is 0.550 e. The fourth-order valence-electron chi connectivity index (χ4n) is 4.79. The van der Waals surface area contributed by atoms with E-state index >= 15 is 0 Å². The van der Waals surface area contributed by atoms with E-state index in [1.807, 2.05) is 0 Å². The molecule has 0 heterocycles. The standard InChI is InChI=1S/C27H54O2.H3N/c1-4-7-10-13-16-19-22-27(25-26(28)29,23-20-17-14-11-8-5-2)24-21-18-15-12-9-6-3;/h4-25H2,1-3H3,(H,28,29);1H3. The molecule has 3 heteroatoms. The quantitative estimate of drug-likeness (QED) is 0.165. The van der Waals surface area contributed by atoms with Gasteiger partial charge in [-0.25, -0.2) is 0 Å². The molecule has 0 aromatic carbocycles. The molecule has 0 aromatic heterocycles. The van der Waals surface area contributed by atoms with Crippen molar-refractivity contribution in [2.45, 2.75) is 162 Å². The minimum absolute atomic E-state index is 0. The fourth-order valence-corrected chi connectivity index (χ4v) is 4.79. The molecule has 0 atom stereocenters. The zero-order valence-corrected chi connectivity index (χ0v) is 21.4. The Kier molecular flexibility index (Phi) is 24.3. The highest BCUT2D eigenvalue weighted by Crippen LogP contribution is 2.40. The van der Waals surface area contributed by atoms with Crippen molar-refractivity contribution >= 4 is 5.97 Å². The molecule has 0 fully saturated rings. The van der Waals surface area contributed by atoms with E-state index < -0.39 is 5.97 Å². The van der Waals surface area contributed by atoms with Crippen LogP contribution in [0.5, 0.6) is 0 Å². The molecule has 0 unspecified atom stereocenters. The van der Waals surface area contributed by atoms with Crippen LogP contribution in [0.3, 0.4) is 0 Å². The predicted octanol–water partition coefficient (Wildman–Crippen LogP) is 8.74. The van der Waals surface area contributed by atoms with Gasteiger partial charge in [0.1, 0.15) is 0 Å². The van der Waals surface area contributed by atoms with Crippen molar-refractivity contribution < 1.29 is 9.90 Å². The van der Waals surface area contributed by atoms with Gasteiger partial charge >= 0.3 is 0 Å². The lowest BCUT2D eigenvalue weighted by Gasteiger charge is -2.35. The Balaban J connectivity index is 0. The molecule has 0 aliphatic rings. The molecule has 0 saturated heterocycles. The Morgan fingerprint density at radius 3 is 1.07 bits per heavy atom. The second-order valence-corrected chi connectivity index (χ2v) is 9.60. The molecule has 0 aliphatic carbocycles. The van der Waals surface area contributed by atoms with Crippen molar-refractivity contribution in [3.63, 3.8) is 0 Å². The maximum Gasteiger partial charge on any atom is 0.0419 e. The number of carbonyl (C=O) groups excluding carboxylic acids is 1. The summed E-state index contributed by atoms with van der Waals surface area (Å²) < 4.78 is 0. The van der Waals surface area contributed by atoms with E-state index in [1.54, 1.807) is 0 Å². The Morgan fingerprint density at radius 2 is 0.800 bits per heavy atom. The number of rotatable bonds is 23. The van der Waals surface area contributed by atoms with E-state index in [9.17, 15) is 9.90 Å². The number of hydrogen-bond donors (Lipinski definition) is 1. The Bertz CT molecular complexity index is 316. The number of carboxylic acid groups (broad SMARTS) is 1. The highest BCUT2D eigenvalue weighted by molar-refractivity contribution is 5.65. The lowest BCUT2D eigenvalue weighted by atomic mass is 9.71. The fraction of sp³-hybridized carbons (Fsp3) is 0.963. The number of carboxylic acids is 1. The van der Waals surface area contributed by atoms with E-state index in [1.165, 1.54) is 116 Å². The third-order valence-corrected chi connectivity index (χ3v) is 6.70. The van der Waals surface area contributed by atoms with Gasteiger partial charge in [-0.3, -0.25) is 0 Å². The average molecular weight is 428 g/mol. The van der Waals surface area contributed by atoms with Gasteiger partial charge in [0.2, 0.25) is 0 Å². The number of quaternary nitrogens is 1. The summed E-state index contributed by atoms with van der Waals surface area (Å²) in [6.07, 6.45) is 26.7. The number of hydrogen-bond acceptors (Lipinski definition) is 2. The van der Waals surface area contributed by atoms with Crippen LogP contribution in [0, 0.1) is 5.41 Å². The summed E-state index contributed by atoms with van der Waals surface area (Å²) in [5.74, 6) is -0.826. The van der Waals surface area contributed by atoms with E-state index in [0.29, 0.717) is 0 Å². The number of aliphatic carboxylic acids is 1. The second-order valence-electron chi connectivity index (χ2n) is 9.60. The van der Waals surface area contributed by atoms with E-state index in [0.717, 1.165) is 19.3 Å². The van der Waals surface area contributed by atoms with Crippen molar-refractivity contribution in [2.24, 2.45) is 5.41 Å². The normalized spacial score (nSPS) is 11.4. The zero-order chi connectivity index (χ0) is 21.6. The third-order valence-electron chi connectivity index (χ3n) is 6.70. The molecule has 0 aromatic rings. The summed E-state index contributed by atoms with van der Waals surface area (Å²) in [6, 6.07) is 0. The van der Waals surface area contributed by atoms with Crippen LogP contribution in [0.1, 0.15) is 162 Å². The van der Waals surface area contributed by atoms with Gasteiger partial charge in [0.05, 0.1) is 0 Å². The van der Waals surface area contributed by atoms with Gasteiger partial charge in [0, 0.05) is 5.97 Å². The molecular weight excluding hydrogens is 370 g/mol. The molecule has 0 spiro atoms. The van der Waals surface area contributed by atoms with Crippen LogP contribution in [0.2, 0.25) is 0 Å². The first-order valence-corrected chi connectivity index (χ1v) is 13.3. The maximum absolute atomic E-state index is 11.6. The van der Waals surface area contributed by atoms with Crippen LogP contribution >= 0.6 is 0 Å². The topological polar surface area (TPSA) is 76.6 Å². The van der Waals surface area contributed by atoms with Crippen LogP contribution in [-0.4, -0.2) is 5.97 Å². The summed E-state index contributed by atoms with van der Waals surface area (Å²) in [5.41, 5.74) is -0.000891. The minimum Gasteiger partial charge on any atom is -0.550 e. The molecule has 0 rings (SSSR count). The molecule has 0 saturated carbocycles. The molecule has 0 bridgehead atoms. The molecule has 182 valence electrons. The van der Waals surface area contributed by atoms with Gasteiger partial charge in [-0.05, 0) is 31.1 Å². The van der Waals surface area contributed by atoms with E-state index in [-0.39, 0.29) is 18.0 Å². The van der Waals surface area contributed by atoms with Gasteiger partial charge in [0.25, 0.3) is 0 Å². The lowest BCUT2D eigenvalue weighted by molar-refractivity contribution is -0.308. The van der Waals surface area contributed by atoms with Gasteiger partial charge in [-0.2, -0.15) is 0 Å². The Labute approximate surface area is 189 Å². The molecule has 3 nitrogen and oxygen atoms in total. The van der Waals surface area contributed by atoms with Crippen LogP contribution in [0.25, 0.3) is 0 Å². The summed E-state index contributed by atoms with van der Waals surface area (Å²) in [7, 11) is 0. The number of carbonyl (C=O) groups is 1. The lowest BCUT2D eigenvalue weighted by Crippen LogP contribution is -2.33. The maximum atomic E-state index is 11.6. The molecule has 0 aliphatic heterocycles. The second kappa shape index (κ2) is 23.1. The predicted molar refractivity (Wildman–Crippen MR) is 132 cm³/mol. The molecule has 4 N–H and O–H groups in total. The third kappa shape index (κ3) is 19.4. The van der Waals surface area contributed by atoms with Crippen molar-refractivity contribution in [2.75, 3.05) is 0 Å². The number of unbranched alkanes of at least 4 members (excludes halogenated alkanes) is 15. The monoisotopic (exact) mass is 427 g/mol. The van der Waals surface area contributed by atoms with Crippen molar-refractivity contribution in [1.29, 1.82) is 0 Å². The van der Waals surface area contributed by atoms with Crippen LogP contribution in [-0.2, 0) is 4.79 Å². The van der Waals surface area contributed by atoms with Gasteiger partial charge in [0.15, 0.2) is 0 Å². The Morgan fingerprint density at radius 1 is 0.533 bits per heavy atom. The zero-order valence-electron chi connectivity index (χ0n) is 21.4. The molecule has 0 radical (unpaired) electrons. The van der Waals surface area contributed by atoms with Crippen LogP contribution in [0.4, 0.5) is 0 Å². The SMILES string of the molecule is CCCCCCCCC(CCCCCCCC)(CCCCCCCC)CC(=O)[O-].[NH4+]. The van der Waals surface area contributed by atoms with Crippen molar-refractivity contribution in [3.05, 3.63) is 0 Å². The summed E-state index contributed by atoms with van der Waals surface area (Å²) in [5, 5.41) is 11.6. The Hall–Kier alpha value is -0.570. The van der Waals surface area contributed by atoms with Crippen molar-refractivity contribution in [1.82, 2.24) is 6.15 Å². The van der Waals surface area contributed by atoms with Gasteiger partial charge in [-0.1, -0.05) is 136 Å². The first-order valence-electron chi connectivity index (χ1n) is 13.3. The first kappa shape index (κ1) is 31.6. The average Bonchev–Trinajstić information content (AvgIpc) is 2.69. The van der Waals surface area contributed by atoms with Crippen molar-refractivity contribution in [3.8, 4) is 0 Å².